The number of rotatable bonds is 4. The molecule has 100 valence electrons. The van der Waals surface area contributed by atoms with E-state index in [1.165, 1.54) is 0 Å². The lowest BCUT2D eigenvalue weighted by Gasteiger charge is -2.10. The minimum absolute atomic E-state index is 0.166. The molecule has 0 unspecified atom stereocenters. The third-order valence-corrected chi connectivity index (χ3v) is 2.79. The third kappa shape index (κ3) is 3.11. The molecule has 2 rings (SSSR count). The normalized spacial score (nSPS) is 10.3. The van der Waals surface area contributed by atoms with Crippen molar-refractivity contribution in [3.8, 4) is 0 Å². The summed E-state index contributed by atoms with van der Waals surface area (Å²) in [5, 5.41) is 6.89. The Morgan fingerprint density at radius 2 is 2.26 bits per heavy atom. The van der Waals surface area contributed by atoms with Gasteiger partial charge in [0.2, 0.25) is 0 Å². The van der Waals surface area contributed by atoms with E-state index >= 15 is 0 Å². The molecule has 1 aromatic heterocycles. The highest BCUT2D eigenvalue weighted by atomic mass is 16.1. The molecule has 0 atom stereocenters. The van der Waals surface area contributed by atoms with Crippen molar-refractivity contribution in [2.45, 2.75) is 13.5 Å². The fourth-order valence-electron chi connectivity index (χ4n) is 1.81. The van der Waals surface area contributed by atoms with Gasteiger partial charge in [0.15, 0.2) is 0 Å². The van der Waals surface area contributed by atoms with Gasteiger partial charge in [-0.05, 0) is 19.1 Å². The molecule has 0 fully saturated rings. The van der Waals surface area contributed by atoms with Gasteiger partial charge in [0.1, 0.15) is 0 Å². The molecule has 0 bridgehead atoms. The van der Waals surface area contributed by atoms with Crippen molar-refractivity contribution >= 4 is 11.6 Å². The lowest BCUT2D eigenvalue weighted by Crippen LogP contribution is -2.24. The molecular weight excluding hydrogens is 242 g/mol. The Kier molecular flexibility index (Phi) is 3.82. The van der Waals surface area contributed by atoms with E-state index in [1.54, 1.807) is 23.0 Å². The summed E-state index contributed by atoms with van der Waals surface area (Å²) in [5.74, 6) is 5.24. The van der Waals surface area contributed by atoms with Crippen LogP contribution in [0.3, 0.4) is 0 Å². The maximum atomic E-state index is 12.1. The number of amides is 1. The number of benzene rings is 1. The summed E-state index contributed by atoms with van der Waals surface area (Å²) in [6, 6.07) is 5.48. The summed E-state index contributed by atoms with van der Waals surface area (Å²) in [4.78, 5) is 12.1. The number of hydrogen-bond acceptors (Lipinski definition) is 4. The molecule has 0 saturated carbocycles. The summed E-state index contributed by atoms with van der Waals surface area (Å²) >= 11 is 0. The Balaban J connectivity index is 2.09. The van der Waals surface area contributed by atoms with Crippen molar-refractivity contribution in [2.75, 3.05) is 5.43 Å². The van der Waals surface area contributed by atoms with Crippen LogP contribution >= 0.6 is 0 Å². The predicted octanol–water partition coefficient (Wildman–Crippen LogP) is 0.944. The van der Waals surface area contributed by atoms with E-state index in [1.807, 2.05) is 26.2 Å². The molecule has 0 radical (unpaired) electrons. The number of nitrogens with zero attached hydrogens (tertiary/aromatic N) is 2. The maximum absolute atomic E-state index is 12.1. The Morgan fingerprint density at radius 3 is 2.89 bits per heavy atom. The predicted molar refractivity (Wildman–Crippen MR) is 73.4 cm³/mol. The van der Waals surface area contributed by atoms with Gasteiger partial charge < -0.3 is 10.7 Å². The summed E-state index contributed by atoms with van der Waals surface area (Å²) in [5.41, 5.74) is 5.62. The number of hydrogen-bond donors (Lipinski definition) is 3. The maximum Gasteiger partial charge on any atom is 0.253 e. The van der Waals surface area contributed by atoms with Crippen molar-refractivity contribution in [3.63, 3.8) is 0 Å². The van der Waals surface area contributed by atoms with Crippen LogP contribution in [0.15, 0.2) is 30.6 Å². The zero-order valence-electron chi connectivity index (χ0n) is 11.0. The second-order valence-electron chi connectivity index (χ2n) is 4.40. The molecule has 0 spiro atoms. The van der Waals surface area contributed by atoms with Gasteiger partial charge in [0, 0.05) is 25.4 Å². The molecule has 1 amide bonds. The van der Waals surface area contributed by atoms with Gasteiger partial charge in [0.05, 0.1) is 17.4 Å². The Hall–Kier alpha value is -2.34. The van der Waals surface area contributed by atoms with E-state index < -0.39 is 0 Å². The lowest BCUT2D eigenvalue weighted by atomic mass is 10.1. The van der Waals surface area contributed by atoms with Crippen molar-refractivity contribution in [1.29, 1.82) is 0 Å². The molecule has 4 N–H and O–H groups in total. The zero-order chi connectivity index (χ0) is 13.8. The second kappa shape index (κ2) is 5.53. The van der Waals surface area contributed by atoms with E-state index in [4.69, 9.17) is 5.84 Å². The smallest absolute Gasteiger partial charge is 0.253 e. The monoisotopic (exact) mass is 259 g/mol. The van der Waals surface area contributed by atoms with Gasteiger partial charge in [0.25, 0.3) is 5.91 Å². The van der Waals surface area contributed by atoms with E-state index in [0.29, 0.717) is 17.8 Å². The minimum Gasteiger partial charge on any atom is -0.348 e. The number of nitrogens with two attached hydrogens (primary N) is 1. The van der Waals surface area contributed by atoms with Crippen LogP contribution in [0.1, 0.15) is 21.5 Å². The van der Waals surface area contributed by atoms with Gasteiger partial charge in [-0.1, -0.05) is 11.6 Å². The number of aromatic nitrogens is 2. The van der Waals surface area contributed by atoms with Crippen LogP contribution in [0.4, 0.5) is 5.69 Å². The Labute approximate surface area is 111 Å². The van der Waals surface area contributed by atoms with Crippen LogP contribution in [0, 0.1) is 6.92 Å². The first-order valence-electron chi connectivity index (χ1n) is 5.93. The van der Waals surface area contributed by atoms with Crippen LogP contribution in [-0.4, -0.2) is 15.7 Å². The van der Waals surface area contributed by atoms with Crippen molar-refractivity contribution in [3.05, 3.63) is 47.3 Å². The highest BCUT2D eigenvalue weighted by molar-refractivity contribution is 5.99. The Morgan fingerprint density at radius 1 is 1.47 bits per heavy atom. The summed E-state index contributed by atoms with van der Waals surface area (Å²) < 4.78 is 1.70. The van der Waals surface area contributed by atoms with Crippen LogP contribution in [0.2, 0.25) is 0 Å². The van der Waals surface area contributed by atoms with Gasteiger partial charge >= 0.3 is 0 Å². The van der Waals surface area contributed by atoms with Crippen molar-refractivity contribution in [2.24, 2.45) is 12.9 Å². The molecule has 0 aliphatic rings. The molecule has 0 aliphatic carbocycles. The highest BCUT2D eigenvalue weighted by Crippen LogP contribution is 2.16. The summed E-state index contributed by atoms with van der Waals surface area (Å²) in [6.07, 6.45) is 3.58. The molecule has 0 aliphatic heterocycles. The van der Waals surface area contributed by atoms with Gasteiger partial charge in [-0.15, -0.1) is 0 Å². The zero-order valence-corrected chi connectivity index (χ0v) is 11.0. The SMILES string of the molecule is Cc1ccc(NN)c(C(=O)NCc2cnn(C)c2)c1. The fraction of sp³-hybridized carbons (Fsp3) is 0.231. The molecule has 2 aromatic rings. The number of nitrogen functional groups attached to an aromatic ring is 1. The minimum atomic E-state index is -0.166. The number of hydrazine groups is 1. The number of nitrogens with one attached hydrogen (secondary N) is 2. The number of aryl methyl sites for hydroxylation is 2. The van der Waals surface area contributed by atoms with E-state index in [-0.39, 0.29) is 5.91 Å². The average molecular weight is 259 g/mol. The molecule has 19 heavy (non-hydrogen) atoms. The van der Waals surface area contributed by atoms with Crippen LogP contribution < -0.4 is 16.6 Å². The molecule has 6 heteroatoms. The first-order chi connectivity index (χ1) is 9.10. The first kappa shape index (κ1) is 13.1. The second-order valence-corrected chi connectivity index (χ2v) is 4.40. The number of carbonyl (C=O) groups excluding carboxylic acids is 1. The molecular formula is C13H17N5O. The van der Waals surface area contributed by atoms with Gasteiger partial charge in [-0.25, -0.2) is 0 Å². The van der Waals surface area contributed by atoms with Gasteiger partial charge in [-0.3, -0.25) is 15.3 Å². The average Bonchev–Trinajstić information content (AvgIpc) is 2.81. The molecule has 6 nitrogen and oxygen atoms in total. The highest BCUT2D eigenvalue weighted by Gasteiger charge is 2.11. The number of carbonyl (C=O) groups is 1. The largest absolute Gasteiger partial charge is 0.348 e. The number of anilines is 1. The topological polar surface area (TPSA) is 85.0 Å². The van der Waals surface area contributed by atoms with Gasteiger partial charge in [-0.2, -0.15) is 5.10 Å². The Bertz CT molecular complexity index is 590. The lowest BCUT2D eigenvalue weighted by molar-refractivity contribution is 0.0951. The molecule has 1 aromatic carbocycles. The summed E-state index contributed by atoms with van der Waals surface area (Å²) in [6.45, 7) is 2.36. The van der Waals surface area contributed by atoms with Crippen LogP contribution in [-0.2, 0) is 13.6 Å². The van der Waals surface area contributed by atoms with Crippen LogP contribution in [0.5, 0.6) is 0 Å². The van der Waals surface area contributed by atoms with Crippen molar-refractivity contribution < 1.29 is 4.79 Å². The van der Waals surface area contributed by atoms with E-state index in [2.05, 4.69) is 15.8 Å². The van der Waals surface area contributed by atoms with Crippen LogP contribution in [0.25, 0.3) is 0 Å². The fourth-order valence-corrected chi connectivity index (χ4v) is 1.81. The van der Waals surface area contributed by atoms with E-state index in [9.17, 15) is 4.79 Å². The van der Waals surface area contributed by atoms with Crippen molar-refractivity contribution in [1.82, 2.24) is 15.1 Å². The first-order valence-corrected chi connectivity index (χ1v) is 5.93. The van der Waals surface area contributed by atoms with E-state index in [0.717, 1.165) is 11.1 Å². The molecule has 1 heterocycles. The molecule has 0 saturated heterocycles. The quantitative estimate of drug-likeness (QED) is 0.563. The standard InChI is InChI=1S/C13H17N5O/c1-9-3-4-12(17-14)11(5-9)13(19)15-6-10-7-16-18(2)8-10/h3-5,7-8,17H,6,14H2,1-2H3,(H,15,19). The third-order valence-electron chi connectivity index (χ3n) is 2.79. The summed E-state index contributed by atoms with van der Waals surface area (Å²) in [7, 11) is 1.84.